The van der Waals surface area contributed by atoms with Crippen LogP contribution < -0.4 is 5.32 Å². The SMILES string of the molecule is Cc1nn(C)c(C)c1C[C@H](C)C(=O)N[C@H](C#N)c1ccccc1Cl. The van der Waals surface area contributed by atoms with Crippen molar-refractivity contribution in [2.24, 2.45) is 13.0 Å². The maximum absolute atomic E-state index is 12.5. The molecule has 126 valence electrons. The molecule has 0 radical (unpaired) electrons. The van der Waals surface area contributed by atoms with Gasteiger partial charge in [0.1, 0.15) is 6.04 Å². The number of nitrogens with zero attached hydrogens (tertiary/aromatic N) is 3. The summed E-state index contributed by atoms with van der Waals surface area (Å²) in [5.41, 5.74) is 3.66. The predicted molar refractivity (Wildman–Crippen MR) is 93.5 cm³/mol. The fraction of sp³-hybridized carbons (Fsp3) is 0.389. The van der Waals surface area contributed by atoms with Crippen molar-refractivity contribution in [2.45, 2.75) is 33.2 Å². The van der Waals surface area contributed by atoms with E-state index in [1.54, 1.807) is 24.3 Å². The molecule has 1 amide bonds. The van der Waals surface area contributed by atoms with E-state index in [1.165, 1.54) is 0 Å². The van der Waals surface area contributed by atoms with Crippen molar-refractivity contribution < 1.29 is 4.79 Å². The Balaban J connectivity index is 2.11. The Morgan fingerprint density at radius 3 is 2.62 bits per heavy atom. The number of hydrogen-bond donors (Lipinski definition) is 1. The Kier molecular flexibility index (Phi) is 5.63. The molecule has 24 heavy (non-hydrogen) atoms. The predicted octanol–water partition coefficient (Wildman–Crippen LogP) is 3.25. The normalized spacial score (nSPS) is 13.2. The van der Waals surface area contributed by atoms with Crippen LogP contribution >= 0.6 is 11.6 Å². The van der Waals surface area contributed by atoms with Gasteiger partial charge in [0.15, 0.2) is 0 Å². The van der Waals surface area contributed by atoms with E-state index in [0.717, 1.165) is 17.0 Å². The van der Waals surface area contributed by atoms with Crippen LogP contribution in [0.2, 0.25) is 5.02 Å². The highest BCUT2D eigenvalue weighted by molar-refractivity contribution is 6.31. The van der Waals surface area contributed by atoms with Crippen LogP contribution in [0.25, 0.3) is 0 Å². The zero-order valence-electron chi connectivity index (χ0n) is 14.3. The zero-order chi connectivity index (χ0) is 17.9. The molecular weight excluding hydrogens is 324 g/mol. The molecule has 1 N–H and O–H groups in total. The number of halogens is 1. The first-order chi connectivity index (χ1) is 11.3. The van der Waals surface area contributed by atoms with Crippen LogP contribution in [-0.4, -0.2) is 15.7 Å². The van der Waals surface area contributed by atoms with Gasteiger partial charge in [-0.25, -0.2) is 0 Å². The van der Waals surface area contributed by atoms with Gasteiger partial charge in [-0.2, -0.15) is 10.4 Å². The van der Waals surface area contributed by atoms with Gasteiger partial charge in [0.2, 0.25) is 5.91 Å². The van der Waals surface area contributed by atoms with Gasteiger partial charge in [-0.05, 0) is 31.9 Å². The van der Waals surface area contributed by atoms with Crippen molar-refractivity contribution in [1.82, 2.24) is 15.1 Å². The standard InChI is InChI=1S/C18H21ClN4O/c1-11(9-15-12(2)22-23(4)13(15)3)18(24)21-17(10-20)14-7-5-6-8-16(14)19/h5-8,11,17H,9H2,1-4H3,(H,21,24)/t11-,17+/m0/s1. The van der Waals surface area contributed by atoms with E-state index in [2.05, 4.69) is 16.5 Å². The summed E-state index contributed by atoms with van der Waals surface area (Å²) in [6.07, 6.45) is 0.581. The summed E-state index contributed by atoms with van der Waals surface area (Å²) in [6.45, 7) is 5.78. The van der Waals surface area contributed by atoms with Crippen molar-refractivity contribution in [1.29, 1.82) is 5.26 Å². The molecule has 2 aromatic rings. The van der Waals surface area contributed by atoms with Gasteiger partial charge < -0.3 is 5.32 Å². The summed E-state index contributed by atoms with van der Waals surface area (Å²) in [7, 11) is 1.89. The van der Waals surface area contributed by atoms with E-state index >= 15 is 0 Å². The molecule has 1 aromatic carbocycles. The Hall–Kier alpha value is -2.32. The second-order valence-electron chi connectivity index (χ2n) is 5.97. The zero-order valence-corrected chi connectivity index (χ0v) is 15.1. The molecule has 0 aliphatic rings. The number of rotatable bonds is 5. The fourth-order valence-electron chi connectivity index (χ4n) is 2.69. The van der Waals surface area contributed by atoms with Crippen molar-refractivity contribution in [2.75, 3.05) is 0 Å². The van der Waals surface area contributed by atoms with E-state index < -0.39 is 6.04 Å². The smallest absolute Gasteiger partial charge is 0.224 e. The number of carbonyl (C=O) groups excluding carboxylic acids is 1. The largest absolute Gasteiger partial charge is 0.336 e. The van der Waals surface area contributed by atoms with Gasteiger partial charge in [-0.1, -0.05) is 36.7 Å². The third-order valence-corrected chi connectivity index (χ3v) is 4.59. The number of carbonyl (C=O) groups is 1. The van der Waals surface area contributed by atoms with Gasteiger partial charge in [-0.3, -0.25) is 9.48 Å². The molecule has 0 unspecified atom stereocenters. The van der Waals surface area contributed by atoms with Crippen LogP contribution in [-0.2, 0) is 18.3 Å². The third kappa shape index (κ3) is 3.77. The molecule has 2 atom stereocenters. The third-order valence-electron chi connectivity index (χ3n) is 4.25. The van der Waals surface area contributed by atoms with Gasteiger partial charge >= 0.3 is 0 Å². The minimum Gasteiger partial charge on any atom is -0.336 e. The molecule has 1 aromatic heterocycles. The average molecular weight is 345 g/mol. The lowest BCUT2D eigenvalue weighted by molar-refractivity contribution is -0.124. The van der Waals surface area contributed by atoms with Crippen molar-refractivity contribution in [3.63, 3.8) is 0 Å². The van der Waals surface area contributed by atoms with E-state index in [1.807, 2.05) is 32.5 Å². The summed E-state index contributed by atoms with van der Waals surface area (Å²) in [4.78, 5) is 12.5. The van der Waals surface area contributed by atoms with Gasteiger partial charge in [0.05, 0.1) is 11.8 Å². The maximum atomic E-state index is 12.5. The second kappa shape index (κ2) is 7.50. The molecule has 0 saturated carbocycles. The molecule has 0 aliphatic carbocycles. The Labute approximate surface area is 147 Å². The fourth-order valence-corrected chi connectivity index (χ4v) is 2.93. The molecule has 0 bridgehead atoms. The number of hydrogen-bond acceptors (Lipinski definition) is 3. The highest BCUT2D eigenvalue weighted by Gasteiger charge is 2.22. The van der Waals surface area contributed by atoms with Crippen molar-refractivity contribution in [3.05, 3.63) is 51.8 Å². The van der Waals surface area contributed by atoms with Crippen LogP contribution in [0.15, 0.2) is 24.3 Å². The lowest BCUT2D eigenvalue weighted by atomic mass is 9.98. The second-order valence-corrected chi connectivity index (χ2v) is 6.38. The highest BCUT2D eigenvalue weighted by atomic mass is 35.5. The van der Waals surface area contributed by atoms with Crippen molar-refractivity contribution in [3.8, 4) is 6.07 Å². The van der Waals surface area contributed by atoms with Crippen LogP contribution in [0.5, 0.6) is 0 Å². The number of amides is 1. The minimum atomic E-state index is -0.759. The van der Waals surface area contributed by atoms with Gasteiger partial charge in [0, 0.05) is 29.2 Å². The molecule has 1 heterocycles. The van der Waals surface area contributed by atoms with E-state index in [0.29, 0.717) is 17.0 Å². The van der Waals surface area contributed by atoms with Crippen LogP contribution in [0, 0.1) is 31.1 Å². The maximum Gasteiger partial charge on any atom is 0.224 e. The highest BCUT2D eigenvalue weighted by Crippen LogP contribution is 2.23. The number of nitriles is 1. The molecule has 0 spiro atoms. The van der Waals surface area contributed by atoms with E-state index in [-0.39, 0.29) is 11.8 Å². The molecule has 0 saturated heterocycles. The Morgan fingerprint density at radius 2 is 2.08 bits per heavy atom. The lowest BCUT2D eigenvalue weighted by Crippen LogP contribution is -2.33. The summed E-state index contributed by atoms with van der Waals surface area (Å²) in [5, 5.41) is 17.0. The first kappa shape index (κ1) is 18.0. The summed E-state index contributed by atoms with van der Waals surface area (Å²) >= 11 is 6.12. The van der Waals surface area contributed by atoms with Crippen molar-refractivity contribution >= 4 is 17.5 Å². The quantitative estimate of drug-likeness (QED) is 0.905. The summed E-state index contributed by atoms with van der Waals surface area (Å²) in [5.74, 6) is -0.450. The van der Waals surface area contributed by atoms with E-state index in [4.69, 9.17) is 11.6 Å². The number of nitrogens with one attached hydrogen (secondary N) is 1. The Bertz CT molecular complexity index is 791. The lowest BCUT2D eigenvalue weighted by Gasteiger charge is -2.17. The van der Waals surface area contributed by atoms with Gasteiger partial charge in [0.25, 0.3) is 0 Å². The molecule has 6 heteroatoms. The number of aryl methyl sites for hydroxylation is 2. The monoisotopic (exact) mass is 344 g/mol. The first-order valence-electron chi connectivity index (χ1n) is 7.78. The van der Waals surface area contributed by atoms with E-state index in [9.17, 15) is 10.1 Å². The topological polar surface area (TPSA) is 70.7 Å². The molecule has 0 fully saturated rings. The first-order valence-corrected chi connectivity index (χ1v) is 8.16. The summed E-state index contributed by atoms with van der Waals surface area (Å²) < 4.78 is 1.82. The summed E-state index contributed by atoms with van der Waals surface area (Å²) in [6, 6.07) is 8.38. The van der Waals surface area contributed by atoms with Crippen LogP contribution in [0.1, 0.15) is 35.5 Å². The van der Waals surface area contributed by atoms with Crippen LogP contribution in [0.3, 0.4) is 0 Å². The molecule has 0 aliphatic heterocycles. The van der Waals surface area contributed by atoms with Gasteiger partial charge in [-0.15, -0.1) is 0 Å². The minimum absolute atomic E-state index is 0.177. The molecule has 2 rings (SSSR count). The molecular formula is C18H21ClN4O. The van der Waals surface area contributed by atoms with Crippen LogP contribution in [0.4, 0.5) is 0 Å². The molecule has 5 nitrogen and oxygen atoms in total. The number of benzene rings is 1. The Morgan fingerprint density at radius 1 is 1.42 bits per heavy atom. The number of aromatic nitrogens is 2. The average Bonchev–Trinajstić information content (AvgIpc) is 2.79.